The molecule has 1 atom stereocenters. The predicted molar refractivity (Wildman–Crippen MR) is 84.1 cm³/mol. The molecular formula is C15H21FN4S. The van der Waals surface area contributed by atoms with Gasteiger partial charge in [0.05, 0.1) is 0 Å². The van der Waals surface area contributed by atoms with Crippen LogP contribution in [-0.2, 0) is 6.42 Å². The van der Waals surface area contributed by atoms with E-state index in [0.717, 1.165) is 18.0 Å². The van der Waals surface area contributed by atoms with Crippen LogP contribution < -0.4 is 5.32 Å². The minimum absolute atomic E-state index is 0.164. The first kappa shape index (κ1) is 16.0. The lowest BCUT2D eigenvalue weighted by molar-refractivity contribution is 0.484. The maximum atomic E-state index is 13.6. The van der Waals surface area contributed by atoms with Crippen LogP contribution in [0.1, 0.15) is 25.7 Å². The zero-order valence-corrected chi connectivity index (χ0v) is 13.4. The van der Waals surface area contributed by atoms with E-state index in [1.54, 1.807) is 12.4 Å². The molecule has 114 valence electrons. The first-order valence-electron chi connectivity index (χ1n) is 7.04. The standard InChI is InChI=1S/C15H21FN4S/c1-11(2)20-15(18-10-19-20)8-12(17-3)9-21-14-7-5-4-6-13(14)16/h4-7,10-12,17H,8-9H2,1-3H3. The average Bonchev–Trinajstić information content (AvgIpc) is 2.93. The molecule has 4 nitrogen and oxygen atoms in total. The van der Waals surface area contributed by atoms with E-state index >= 15 is 0 Å². The highest BCUT2D eigenvalue weighted by Crippen LogP contribution is 2.22. The van der Waals surface area contributed by atoms with Crippen LogP contribution in [0.15, 0.2) is 35.5 Å². The third kappa shape index (κ3) is 4.28. The number of thioether (sulfide) groups is 1. The van der Waals surface area contributed by atoms with E-state index in [0.29, 0.717) is 10.9 Å². The summed E-state index contributed by atoms with van der Waals surface area (Å²) in [4.78, 5) is 5.01. The highest BCUT2D eigenvalue weighted by Gasteiger charge is 2.15. The average molecular weight is 308 g/mol. The highest BCUT2D eigenvalue weighted by molar-refractivity contribution is 7.99. The van der Waals surface area contributed by atoms with Crippen LogP contribution in [0.4, 0.5) is 4.39 Å². The predicted octanol–water partition coefficient (Wildman–Crippen LogP) is 2.92. The van der Waals surface area contributed by atoms with Crippen LogP contribution in [0.25, 0.3) is 0 Å². The zero-order valence-electron chi connectivity index (χ0n) is 12.6. The fourth-order valence-electron chi connectivity index (χ4n) is 2.07. The van der Waals surface area contributed by atoms with Crippen LogP contribution in [0.5, 0.6) is 0 Å². The Kier molecular flexibility index (Phi) is 5.76. The van der Waals surface area contributed by atoms with Crippen LogP contribution >= 0.6 is 11.8 Å². The topological polar surface area (TPSA) is 42.7 Å². The van der Waals surface area contributed by atoms with E-state index < -0.39 is 0 Å². The summed E-state index contributed by atoms with van der Waals surface area (Å²) in [6, 6.07) is 7.38. The largest absolute Gasteiger partial charge is 0.316 e. The second-order valence-electron chi connectivity index (χ2n) is 5.15. The van der Waals surface area contributed by atoms with Gasteiger partial charge < -0.3 is 5.32 Å². The van der Waals surface area contributed by atoms with Crippen LogP contribution in [0.3, 0.4) is 0 Å². The molecule has 1 N–H and O–H groups in total. The Labute approximate surface area is 129 Å². The lowest BCUT2D eigenvalue weighted by atomic mass is 10.2. The molecule has 1 unspecified atom stereocenters. The molecule has 1 heterocycles. The highest BCUT2D eigenvalue weighted by atomic mass is 32.2. The number of hydrogen-bond acceptors (Lipinski definition) is 4. The summed E-state index contributed by atoms with van der Waals surface area (Å²) in [6.45, 7) is 4.17. The molecule has 21 heavy (non-hydrogen) atoms. The molecule has 0 spiro atoms. The Morgan fingerprint density at radius 2 is 2.10 bits per heavy atom. The molecule has 2 rings (SSSR count). The van der Waals surface area contributed by atoms with Crippen molar-refractivity contribution in [2.45, 2.75) is 37.2 Å². The van der Waals surface area contributed by atoms with Gasteiger partial charge in [0.25, 0.3) is 0 Å². The molecule has 0 aliphatic heterocycles. The molecule has 0 aliphatic carbocycles. The number of rotatable bonds is 7. The van der Waals surface area contributed by atoms with E-state index in [1.807, 2.05) is 23.9 Å². The first-order chi connectivity index (χ1) is 10.1. The number of aromatic nitrogens is 3. The minimum atomic E-state index is -0.164. The van der Waals surface area contributed by atoms with Crippen molar-refractivity contribution < 1.29 is 4.39 Å². The monoisotopic (exact) mass is 308 g/mol. The van der Waals surface area contributed by atoms with Crippen molar-refractivity contribution in [1.29, 1.82) is 0 Å². The molecule has 0 amide bonds. The normalized spacial score (nSPS) is 12.8. The second-order valence-corrected chi connectivity index (χ2v) is 6.21. The van der Waals surface area contributed by atoms with Crippen molar-refractivity contribution in [3.8, 4) is 0 Å². The Morgan fingerprint density at radius 3 is 2.76 bits per heavy atom. The first-order valence-corrected chi connectivity index (χ1v) is 8.03. The van der Waals surface area contributed by atoms with Gasteiger partial charge in [0, 0.05) is 29.2 Å². The number of hydrogen-bond donors (Lipinski definition) is 1. The Hall–Kier alpha value is -1.40. The molecule has 1 aromatic heterocycles. The van der Waals surface area contributed by atoms with Gasteiger partial charge in [-0.1, -0.05) is 12.1 Å². The lowest BCUT2D eigenvalue weighted by Crippen LogP contribution is -2.31. The number of nitrogens with one attached hydrogen (secondary N) is 1. The van der Waals surface area contributed by atoms with E-state index in [-0.39, 0.29) is 11.9 Å². The molecule has 2 aromatic rings. The molecule has 0 saturated carbocycles. The minimum Gasteiger partial charge on any atom is -0.316 e. The summed E-state index contributed by atoms with van der Waals surface area (Å²) in [7, 11) is 1.92. The fraction of sp³-hybridized carbons (Fsp3) is 0.467. The molecule has 0 radical (unpaired) electrons. The number of halogens is 1. The summed E-state index contributed by atoms with van der Waals surface area (Å²) in [5.74, 6) is 1.57. The van der Waals surface area contributed by atoms with Gasteiger partial charge in [-0.2, -0.15) is 5.10 Å². The Balaban J connectivity index is 1.97. The van der Waals surface area contributed by atoms with Gasteiger partial charge in [0.1, 0.15) is 18.0 Å². The van der Waals surface area contributed by atoms with Crippen molar-refractivity contribution >= 4 is 11.8 Å². The van der Waals surface area contributed by atoms with Gasteiger partial charge in [-0.05, 0) is 33.0 Å². The number of benzene rings is 1. The molecule has 0 saturated heterocycles. The van der Waals surface area contributed by atoms with E-state index in [1.165, 1.54) is 17.8 Å². The molecule has 0 aliphatic rings. The van der Waals surface area contributed by atoms with Crippen molar-refractivity contribution in [2.75, 3.05) is 12.8 Å². The zero-order chi connectivity index (χ0) is 15.2. The molecule has 1 aromatic carbocycles. The molecule has 0 fully saturated rings. The van der Waals surface area contributed by atoms with Crippen molar-refractivity contribution in [1.82, 2.24) is 20.1 Å². The maximum Gasteiger partial charge on any atom is 0.138 e. The SMILES string of the molecule is CNC(CSc1ccccc1F)Cc1ncnn1C(C)C. The summed E-state index contributed by atoms with van der Waals surface area (Å²) in [6.07, 6.45) is 2.36. The van der Waals surface area contributed by atoms with Crippen molar-refractivity contribution in [2.24, 2.45) is 0 Å². The fourth-order valence-corrected chi connectivity index (χ4v) is 3.11. The van der Waals surface area contributed by atoms with Gasteiger partial charge in [-0.3, -0.25) is 0 Å². The number of likely N-dealkylation sites (N-methyl/N-ethyl adjacent to an activating group) is 1. The number of nitrogens with zero attached hydrogens (tertiary/aromatic N) is 3. The van der Waals surface area contributed by atoms with Crippen LogP contribution in [0, 0.1) is 5.82 Å². The lowest BCUT2D eigenvalue weighted by Gasteiger charge is -2.17. The molecular weight excluding hydrogens is 287 g/mol. The third-order valence-electron chi connectivity index (χ3n) is 3.25. The van der Waals surface area contributed by atoms with Crippen LogP contribution in [0.2, 0.25) is 0 Å². The van der Waals surface area contributed by atoms with Gasteiger partial charge >= 0.3 is 0 Å². The summed E-state index contributed by atoms with van der Waals surface area (Å²) < 4.78 is 15.6. The summed E-state index contributed by atoms with van der Waals surface area (Å²) in [5, 5.41) is 7.52. The Morgan fingerprint density at radius 1 is 1.33 bits per heavy atom. The van der Waals surface area contributed by atoms with Crippen molar-refractivity contribution in [3.05, 3.63) is 42.2 Å². The van der Waals surface area contributed by atoms with E-state index in [2.05, 4.69) is 29.2 Å². The molecule has 6 heteroatoms. The van der Waals surface area contributed by atoms with E-state index in [4.69, 9.17) is 0 Å². The van der Waals surface area contributed by atoms with Gasteiger partial charge in [-0.25, -0.2) is 14.1 Å². The van der Waals surface area contributed by atoms with Crippen molar-refractivity contribution in [3.63, 3.8) is 0 Å². The molecule has 0 bridgehead atoms. The second kappa shape index (κ2) is 7.56. The quantitative estimate of drug-likeness (QED) is 0.799. The van der Waals surface area contributed by atoms with Gasteiger partial charge in [0.15, 0.2) is 0 Å². The van der Waals surface area contributed by atoms with Crippen LogP contribution in [-0.4, -0.2) is 33.6 Å². The maximum absolute atomic E-state index is 13.6. The van der Waals surface area contributed by atoms with Gasteiger partial charge in [-0.15, -0.1) is 11.8 Å². The smallest absolute Gasteiger partial charge is 0.138 e. The Bertz CT molecular complexity index is 570. The summed E-state index contributed by atoms with van der Waals surface area (Å²) in [5.41, 5.74) is 0. The third-order valence-corrected chi connectivity index (χ3v) is 4.46. The van der Waals surface area contributed by atoms with Gasteiger partial charge in [0.2, 0.25) is 0 Å². The van der Waals surface area contributed by atoms with E-state index in [9.17, 15) is 4.39 Å². The summed E-state index contributed by atoms with van der Waals surface area (Å²) >= 11 is 1.52.